The molecule has 0 saturated carbocycles. The van der Waals surface area contributed by atoms with Gasteiger partial charge in [-0.3, -0.25) is 0 Å². The van der Waals surface area contributed by atoms with Gasteiger partial charge in [0, 0.05) is 18.0 Å². The Kier molecular flexibility index (Phi) is 5.04. The highest BCUT2D eigenvalue weighted by Gasteiger charge is 2.20. The molecule has 0 fully saturated rings. The molecule has 6 nitrogen and oxygen atoms in total. The Balaban J connectivity index is 2.27. The van der Waals surface area contributed by atoms with E-state index in [4.69, 9.17) is 0 Å². The number of anilines is 1. The van der Waals surface area contributed by atoms with Crippen LogP contribution in [0.5, 0.6) is 0 Å². The third kappa shape index (κ3) is 3.32. The number of H-pyrrole nitrogens is 1. The number of nitrogens with zero attached hydrogens (tertiary/aromatic N) is 2. The van der Waals surface area contributed by atoms with Crippen LogP contribution in [0.1, 0.15) is 17.5 Å². The Morgan fingerprint density at radius 2 is 1.85 bits per heavy atom. The van der Waals surface area contributed by atoms with Crippen molar-refractivity contribution in [2.45, 2.75) is 20.3 Å². The van der Waals surface area contributed by atoms with Crippen LogP contribution in [0.15, 0.2) is 30.3 Å². The third-order valence-corrected chi connectivity index (χ3v) is 4.71. The molecule has 0 atom stereocenters. The van der Waals surface area contributed by atoms with Gasteiger partial charge in [-0.1, -0.05) is 24.3 Å². The van der Waals surface area contributed by atoms with Crippen molar-refractivity contribution in [3.8, 4) is 11.3 Å². The molecule has 3 rings (SSSR count). The molecule has 1 aromatic rings. The number of hydrogen-bond acceptors (Lipinski definition) is 4. The number of benzene rings is 2. The van der Waals surface area contributed by atoms with Crippen molar-refractivity contribution < 1.29 is 0 Å². The number of hydrogen-bond donors (Lipinski definition) is 2. The maximum atomic E-state index is 11.7. The number of pyridine rings is 1. The van der Waals surface area contributed by atoms with E-state index >= 15 is 0 Å². The minimum atomic E-state index is -0.303. The third-order valence-electron chi connectivity index (χ3n) is 4.71. The van der Waals surface area contributed by atoms with Crippen LogP contribution in [0, 0.1) is 24.3 Å². The smallest absolute Gasteiger partial charge is 0.234 e. The second-order valence-corrected chi connectivity index (χ2v) is 6.99. The predicted octanol–water partition coefficient (Wildman–Crippen LogP) is 3.02. The molecule has 2 N–H and O–H groups in total. The summed E-state index contributed by atoms with van der Waals surface area (Å²) in [5.41, 5.74) is 5.43. The maximum absolute atomic E-state index is 11.7. The lowest BCUT2D eigenvalue weighted by molar-refractivity contribution is 0.405. The fourth-order valence-electron chi connectivity index (χ4n) is 3.36. The van der Waals surface area contributed by atoms with Crippen molar-refractivity contribution in [1.82, 2.24) is 14.8 Å². The van der Waals surface area contributed by atoms with Gasteiger partial charge in [-0.2, -0.15) is 4.90 Å². The van der Waals surface area contributed by atoms with Crippen molar-refractivity contribution in [2.75, 3.05) is 32.5 Å². The summed E-state index contributed by atoms with van der Waals surface area (Å²) in [6.45, 7) is 5.74. The van der Waals surface area contributed by atoms with Gasteiger partial charge in [0.2, 0.25) is 5.36 Å². The quantitative estimate of drug-likeness (QED) is 0.420. The van der Waals surface area contributed by atoms with Crippen LogP contribution in [0.2, 0.25) is 0 Å². The average Bonchev–Trinajstić information content (AvgIpc) is 2.58. The van der Waals surface area contributed by atoms with E-state index < -0.39 is 0 Å². The molecule has 0 unspecified atom stereocenters. The Hall–Kier alpha value is -2.73. The molecular formula is C20H25N4O2-. The Morgan fingerprint density at radius 3 is 2.54 bits per heavy atom. The SMILES string of the molecule is Cc1ccc(=[N+]([O-])[O-])c2c(NCCCN(C)C)c3cccc(C)c3[nH]c1-2. The second kappa shape index (κ2) is 7.25. The Bertz CT molecular complexity index is 972. The van der Waals surface area contributed by atoms with Crippen molar-refractivity contribution >= 4 is 16.6 Å². The number of para-hydroxylation sites is 1. The van der Waals surface area contributed by atoms with Gasteiger partial charge in [0.05, 0.1) is 22.5 Å². The average molecular weight is 353 g/mol. The first kappa shape index (κ1) is 18.1. The summed E-state index contributed by atoms with van der Waals surface area (Å²) in [4.78, 5) is 5.27. The van der Waals surface area contributed by atoms with Crippen LogP contribution in [0.3, 0.4) is 0 Å². The van der Waals surface area contributed by atoms with Crippen LogP contribution >= 0.6 is 0 Å². The van der Waals surface area contributed by atoms with Crippen LogP contribution < -0.4 is 15.6 Å². The van der Waals surface area contributed by atoms with E-state index in [1.807, 2.05) is 46.1 Å². The van der Waals surface area contributed by atoms with Crippen LogP contribution in [0.25, 0.3) is 22.2 Å². The topological polar surface area (TPSA) is 80.2 Å². The maximum Gasteiger partial charge on any atom is 0.234 e. The van der Waals surface area contributed by atoms with Gasteiger partial charge in [0.15, 0.2) is 0 Å². The summed E-state index contributed by atoms with van der Waals surface area (Å²) in [5.74, 6) is 0. The van der Waals surface area contributed by atoms with Crippen LogP contribution in [-0.4, -0.2) is 37.1 Å². The zero-order chi connectivity index (χ0) is 18.8. The van der Waals surface area contributed by atoms with Gasteiger partial charge in [0.1, 0.15) is 0 Å². The lowest BCUT2D eigenvalue weighted by Crippen LogP contribution is -2.24. The Morgan fingerprint density at radius 1 is 1.08 bits per heavy atom. The second-order valence-electron chi connectivity index (χ2n) is 6.99. The number of nitrogens with one attached hydrogen (secondary N) is 2. The summed E-state index contributed by atoms with van der Waals surface area (Å²) >= 11 is 0. The minimum Gasteiger partial charge on any atom is -0.612 e. The molecule has 0 amide bonds. The molecule has 0 bridgehead atoms. The number of aryl methyl sites for hydroxylation is 2. The lowest BCUT2D eigenvalue weighted by atomic mass is 9.97. The van der Waals surface area contributed by atoms with Crippen LogP contribution in [-0.2, 0) is 0 Å². The summed E-state index contributed by atoms with van der Waals surface area (Å²) in [6.07, 6.45) is 0.958. The van der Waals surface area contributed by atoms with E-state index in [-0.39, 0.29) is 10.3 Å². The highest BCUT2D eigenvalue weighted by atomic mass is 16.8. The molecule has 0 spiro atoms. The number of fused-ring (bicyclic) bond motifs is 2. The fraction of sp³-hybridized carbons (Fsp3) is 0.350. The first-order valence-corrected chi connectivity index (χ1v) is 8.81. The zero-order valence-electron chi connectivity index (χ0n) is 15.7. The van der Waals surface area contributed by atoms with Crippen molar-refractivity contribution in [3.63, 3.8) is 0 Å². The lowest BCUT2D eigenvalue weighted by Gasteiger charge is -2.20. The standard InChI is InChI=1S/C20H25N4O2/c1-13-7-5-8-15-18(13)22-19-14(2)9-10-16(24(25)26)17(19)20(15)21-11-6-12-23(3)4/h5,7-10,21-22H,6,11-12H2,1-4H3/q-1. The molecule has 1 aliphatic carbocycles. The largest absolute Gasteiger partial charge is 0.612 e. The van der Waals surface area contributed by atoms with Gasteiger partial charge in [-0.05, 0) is 52.0 Å². The summed E-state index contributed by atoms with van der Waals surface area (Å²) in [7, 11) is 4.08. The highest BCUT2D eigenvalue weighted by Crippen LogP contribution is 2.35. The molecule has 1 heterocycles. The van der Waals surface area contributed by atoms with Crippen molar-refractivity contribution in [3.05, 3.63) is 57.2 Å². The molecule has 0 saturated heterocycles. The summed E-state index contributed by atoms with van der Waals surface area (Å²) in [5, 5.41) is 27.9. The van der Waals surface area contributed by atoms with Gasteiger partial charge in [0.25, 0.3) is 0 Å². The normalized spacial score (nSPS) is 11.4. The van der Waals surface area contributed by atoms with Gasteiger partial charge >= 0.3 is 0 Å². The zero-order valence-corrected chi connectivity index (χ0v) is 15.7. The van der Waals surface area contributed by atoms with Gasteiger partial charge in [-0.25, -0.2) is 0 Å². The molecule has 0 radical (unpaired) electrons. The summed E-state index contributed by atoms with van der Waals surface area (Å²) in [6, 6.07) is 9.45. The van der Waals surface area contributed by atoms with Gasteiger partial charge in [-0.15, -0.1) is 0 Å². The van der Waals surface area contributed by atoms with Crippen molar-refractivity contribution in [1.29, 1.82) is 0 Å². The summed E-state index contributed by atoms with van der Waals surface area (Å²) < 4.78 is 0. The van der Waals surface area contributed by atoms with E-state index in [2.05, 4.69) is 15.2 Å². The van der Waals surface area contributed by atoms with Gasteiger partial charge < -0.3 is 25.6 Å². The monoisotopic (exact) mass is 353 g/mol. The molecule has 138 valence electrons. The van der Waals surface area contributed by atoms with E-state index in [1.165, 1.54) is 0 Å². The number of aromatic amines is 1. The Labute approximate surface area is 153 Å². The predicted molar refractivity (Wildman–Crippen MR) is 108 cm³/mol. The molecule has 6 heteroatoms. The first-order valence-electron chi connectivity index (χ1n) is 8.81. The molecular weight excluding hydrogens is 328 g/mol. The number of rotatable bonds is 5. The first-order chi connectivity index (χ1) is 12.4. The molecule has 1 aliphatic heterocycles. The van der Waals surface area contributed by atoms with E-state index in [0.29, 0.717) is 5.56 Å². The molecule has 0 aromatic heterocycles. The molecule has 1 aromatic carbocycles. The minimum absolute atomic E-state index is 0.125. The molecule has 26 heavy (non-hydrogen) atoms. The number of aromatic nitrogens is 1. The highest BCUT2D eigenvalue weighted by molar-refractivity contribution is 6.02. The van der Waals surface area contributed by atoms with Crippen LogP contribution in [0.4, 0.5) is 5.69 Å². The van der Waals surface area contributed by atoms with E-state index in [1.54, 1.807) is 12.1 Å². The van der Waals surface area contributed by atoms with Crippen molar-refractivity contribution in [2.24, 2.45) is 0 Å². The van der Waals surface area contributed by atoms with E-state index in [9.17, 15) is 10.4 Å². The fourth-order valence-corrected chi connectivity index (χ4v) is 3.36. The van der Waals surface area contributed by atoms with E-state index in [0.717, 1.165) is 52.9 Å². The molecule has 2 aliphatic rings.